The van der Waals surface area contributed by atoms with E-state index >= 15 is 0 Å². The normalized spacial score (nSPS) is 19.3. The van der Waals surface area contributed by atoms with Gasteiger partial charge in [-0.05, 0) is 31.0 Å². The van der Waals surface area contributed by atoms with Crippen LogP contribution in [0.25, 0.3) is 5.82 Å². The Morgan fingerprint density at radius 1 is 1.16 bits per heavy atom. The molecule has 0 aliphatic carbocycles. The van der Waals surface area contributed by atoms with E-state index in [-0.39, 0.29) is 12.3 Å². The minimum absolute atomic E-state index is 0.102. The number of nitrogens with zero attached hydrogens (tertiary/aromatic N) is 4. The maximum absolute atomic E-state index is 12.6. The predicted molar refractivity (Wildman–Crippen MR) is 90.4 cm³/mol. The summed E-state index contributed by atoms with van der Waals surface area (Å²) in [5.74, 6) is 0.966. The summed E-state index contributed by atoms with van der Waals surface area (Å²) in [6.45, 7) is 2.72. The van der Waals surface area contributed by atoms with Gasteiger partial charge in [0.25, 0.3) is 0 Å². The number of nitrogens with one attached hydrogen (secondary N) is 1. The first kappa shape index (κ1) is 16.0. The lowest BCUT2D eigenvalue weighted by molar-refractivity contribution is -0.0950. The lowest BCUT2D eigenvalue weighted by atomic mass is 9.96. The van der Waals surface area contributed by atoms with E-state index in [9.17, 15) is 4.79 Å². The second kappa shape index (κ2) is 7.20. The molecular formula is C17H21N5O3. The fraction of sp³-hybridized carbons (Fsp3) is 0.471. The molecule has 0 bridgehead atoms. The average Bonchev–Trinajstić information content (AvgIpc) is 3.36. The molecule has 2 aromatic rings. The lowest BCUT2D eigenvalue weighted by Gasteiger charge is -2.33. The number of anilines is 1. The zero-order valence-corrected chi connectivity index (χ0v) is 13.9. The van der Waals surface area contributed by atoms with Crippen LogP contribution in [0.5, 0.6) is 0 Å². The van der Waals surface area contributed by atoms with Crippen molar-refractivity contribution in [2.75, 3.05) is 31.6 Å². The van der Waals surface area contributed by atoms with Gasteiger partial charge in [-0.3, -0.25) is 0 Å². The highest BCUT2D eigenvalue weighted by molar-refractivity contribution is 5.91. The van der Waals surface area contributed by atoms with Crippen LogP contribution in [-0.2, 0) is 9.47 Å². The first-order valence-electron chi connectivity index (χ1n) is 8.55. The van der Waals surface area contributed by atoms with Gasteiger partial charge in [0.2, 0.25) is 0 Å². The highest BCUT2D eigenvalue weighted by Gasteiger charge is 2.31. The summed E-state index contributed by atoms with van der Waals surface area (Å²) in [5.41, 5.74) is 0.640. The number of amides is 2. The van der Waals surface area contributed by atoms with Gasteiger partial charge in [-0.1, -0.05) is 0 Å². The molecule has 2 aromatic heterocycles. The zero-order chi connectivity index (χ0) is 17.1. The number of carbonyl (C=O) groups is 1. The van der Waals surface area contributed by atoms with E-state index in [0.717, 1.165) is 12.8 Å². The van der Waals surface area contributed by atoms with Gasteiger partial charge in [0, 0.05) is 37.6 Å². The Bertz CT molecular complexity index is 707. The second-order valence-corrected chi connectivity index (χ2v) is 6.19. The number of hydrogen-bond acceptors (Lipinski definition) is 5. The van der Waals surface area contributed by atoms with Crippen molar-refractivity contribution in [3.05, 3.63) is 36.8 Å². The number of urea groups is 1. The molecule has 2 fully saturated rings. The summed E-state index contributed by atoms with van der Waals surface area (Å²) >= 11 is 0. The van der Waals surface area contributed by atoms with E-state index in [0.29, 0.717) is 43.7 Å². The highest BCUT2D eigenvalue weighted by atomic mass is 16.7. The molecule has 8 nitrogen and oxygen atoms in total. The molecule has 0 unspecified atom stereocenters. The van der Waals surface area contributed by atoms with Crippen molar-refractivity contribution in [3.8, 4) is 5.82 Å². The topological polar surface area (TPSA) is 81.5 Å². The Hall–Kier alpha value is -2.45. The Labute approximate surface area is 145 Å². The Balaban J connectivity index is 1.38. The molecule has 4 rings (SSSR count). The van der Waals surface area contributed by atoms with Crippen LogP contribution in [0, 0.1) is 5.92 Å². The fourth-order valence-electron chi connectivity index (χ4n) is 3.29. The number of ether oxygens (including phenoxy) is 2. The third-order valence-electron chi connectivity index (χ3n) is 4.61. The zero-order valence-electron chi connectivity index (χ0n) is 13.9. The van der Waals surface area contributed by atoms with Gasteiger partial charge in [-0.2, -0.15) is 5.10 Å². The molecule has 0 spiro atoms. The van der Waals surface area contributed by atoms with Gasteiger partial charge in [-0.25, -0.2) is 14.5 Å². The monoisotopic (exact) mass is 343 g/mol. The number of carbonyl (C=O) groups excluding carboxylic acids is 1. The Morgan fingerprint density at radius 2 is 1.96 bits per heavy atom. The van der Waals surface area contributed by atoms with E-state index in [4.69, 9.17) is 9.47 Å². The van der Waals surface area contributed by atoms with Crippen LogP contribution in [0.2, 0.25) is 0 Å². The molecule has 0 aromatic carbocycles. The molecule has 132 valence electrons. The number of likely N-dealkylation sites (tertiary alicyclic amines) is 1. The second-order valence-electron chi connectivity index (χ2n) is 6.19. The average molecular weight is 343 g/mol. The summed E-state index contributed by atoms with van der Waals surface area (Å²) in [5, 5.41) is 7.14. The van der Waals surface area contributed by atoms with Crippen LogP contribution < -0.4 is 5.32 Å². The maximum Gasteiger partial charge on any atom is 0.321 e. The van der Waals surface area contributed by atoms with Crippen molar-refractivity contribution in [1.82, 2.24) is 19.7 Å². The Kier molecular flexibility index (Phi) is 4.62. The molecule has 0 radical (unpaired) electrons. The number of pyridine rings is 1. The van der Waals surface area contributed by atoms with Crippen LogP contribution >= 0.6 is 0 Å². The van der Waals surface area contributed by atoms with Crippen molar-refractivity contribution in [2.24, 2.45) is 5.92 Å². The summed E-state index contributed by atoms with van der Waals surface area (Å²) in [4.78, 5) is 18.8. The first-order chi connectivity index (χ1) is 12.3. The summed E-state index contributed by atoms with van der Waals surface area (Å²) < 4.78 is 12.8. The third kappa shape index (κ3) is 3.49. The molecular weight excluding hydrogens is 322 g/mol. The van der Waals surface area contributed by atoms with E-state index in [1.165, 1.54) is 0 Å². The van der Waals surface area contributed by atoms with Crippen LogP contribution in [0.15, 0.2) is 36.8 Å². The van der Waals surface area contributed by atoms with Gasteiger partial charge in [-0.15, -0.1) is 0 Å². The standard InChI is InChI=1S/C17H21N5O3/c23-17(21-9-4-13(5-10-21)16-24-11-12-25-16)20-14-3-1-6-18-15(14)22-8-2-7-19-22/h1-3,6-8,13,16H,4-5,9-12H2,(H,20,23). The molecule has 0 saturated carbocycles. The first-order valence-corrected chi connectivity index (χ1v) is 8.55. The molecule has 0 atom stereocenters. The van der Waals surface area contributed by atoms with E-state index in [2.05, 4.69) is 15.4 Å². The molecule has 2 saturated heterocycles. The van der Waals surface area contributed by atoms with Gasteiger partial charge < -0.3 is 19.7 Å². The van der Waals surface area contributed by atoms with Crippen molar-refractivity contribution >= 4 is 11.7 Å². The number of piperidine rings is 1. The molecule has 1 N–H and O–H groups in total. The SMILES string of the molecule is O=C(Nc1cccnc1-n1cccn1)N1CCC(C2OCCO2)CC1. The largest absolute Gasteiger partial charge is 0.350 e. The van der Waals surface area contributed by atoms with Gasteiger partial charge in [0.1, 0.15) is 0 Å². The highest BCUT2D eigenvalue weighted by Crippen LogP contribution is 2.26. The van der Waals surface area contributed by atoms with Crippen LogP contribution in [-0.4, -0.2) is 58.3 Å². The molecule has 8 heteroatoms. The van der Waals surface area contributed by atoms with Crippen molar-refractivity contribution in [1.29, 1.82) is 0 Å². The van der Waals surface area contributed by atoms with E-state index in [1.54, 1.807) is 29.3 Å². The molecule has 2 amide bonds. The summed E-state index contributed by atoms with van der Waals surface area (Å²) in [7, 11) is 0. The number of hydrogen-bond donors (Lipinski definition) is 1. The summed E-state index contributed by atoms with van der Waals surface area (Å²) in [6, 6.07) is 5.32. The number of rotatable bonds is 3. The minimum Gasteiger partial charge on any atom is -0.350 e. The molecule has 2 aliphatic rings. The van der Waals surface area contributed by atoms with Gasteiger partial charge in [0.15, 0.2) is 12.1 Å². The molecule has 2 aliphatic heterocycles. The summed E-state index contributed by atoms with van der Waals surface area (Å²) in [6.07, 6.45) is 6.83. The molecule has 25 heavy (non-hydrogen) atoms. The van der Waals surface area contributed by atoms with Crippen molar-refractivity contribution in [3.63, 3.8) is 0 Å². The predicted octanol–water partition coefficient (Wildman–Crippen LogP) is 1.88. The smallest absolute Gasteiger partial charge is 0.321 e. The lowest BCUT2D eigenvalue weighted by Crippen LogP contribution is -2.43. The minimum atomic E-state index is -0.117. The van der Waals surface area contributed by atoms with Gasteiger partial charge >= 0.3 is 6.03 Å². The quantitative estimate of drug-likeness (QED) is 0.920. The van der Waals surface area contributed by atoms with Crippen molar-refractivity contribution in [2.45, 2.75) is 19.1 Å². The van der Waals surface area contributed by atoms with Crippen molar-refractivity contribution < 1.29 is 14.3 Å². The number of aromatic nitrogens is 3. The molecule has 4 heterocycles. The van der Waals surface area contributed by atoms with Crippen LogP contribution in [0.1, 0.15) is 12.8 Å². The van der Waals surface area contributed by atoms with Crippen LogP contribution in [0.4, 0.5) is 10.5 Å². The third-order valence-corrected chi connectivity index (χ3v) is 4.61. The fourth-order valence-corrected chi connectivity index (χ4v) is 3.29. The Morgan fingerprint density at radius 3 is 2.68 bits per heavy atom. The van der Waals surface area contributed by atoms with E-state index < -0.39 is 0 Å². The van der Waals surface area contributed by atoms with E-state index in [1.807, 2.05) is 17.0 Å². The van der Waals surface area contributed by atoms with Gasteiger partial charge in [0.05, 0.1) is 18.9 Å². The maximum atomic E-state index is 12.6. The van der Waals surface area contributed by atoms with Crippen LogP contribution in [0.3, 0.4) is 0 Å².